The normalized spacial score (nSPS) is 10.2. The van der Waals surface area contributed by atoms with Gasteiger partial charge in [0.1, 0.15) is 0 Å². The Morgan fingerprint density at radius 2 is 2.30 bits per heavy atom. The summed E-state index contributed by atoms with van der Waals surface area (Å²) in [6.07, 6.45) is 1.62. The van der Waals surface area contributed by atoms with Crippen LogP contribution in [0.1, 0.15) is 16.2 Å². The fourth-order valence-electron chi connectivity index (χ4n) is 1.54. The van der Waals surface area contributed by atoms with Gasteiger partial charge < -0.3 is 15.6 Å². The molecule has 0 saturated heterocycles. The van der Waals surface area contributed by atoms with E-state index in [0.29, 0.717) is 12.3 Å². The number of hydrogen-bond acceptors (Lipinski definition) is 7. The van der Waals surface area contributed by atoms with Crippen molar-refractivity contribution >= 4 is 17.3 Å². The lowest BCUT2D eigenvalue weighted by atomic mass is 10.1. The number of nitrogen functional groups attached to an aromatic ring is 1. The van der Waals surface area contributed by atoms with E-state index in [1.807, 2.05) is 0 Å². The number of anilines is 1. The molecule has 0 aliphatic heterocycles. The second kappa shape index (κ2) is 5.78. The van der Waals surface area contributed by atoms with E-state index >= 15 is 0 Å². The fourth-order valence-corrected chi connectivity index (χ4v) is 1.54. The van der Waals surface area contributed by atoms with Gasteiger partial charge in [-0.25, -0.2) is 0 Å². The zero-order valence-electron chi connectivity index (χ0n) is 10.3. The van der Waals surface area contributed by atoms with Crippen LogP contribution in [-0.4, -0.2) is 27.5 Å². The summed E-state index contributed by atoms with van der Waals surface area (Å²) in [6.45, 7) is 0.253. The van der Waals surface area contributed by atoms with Crippen LogP contribution in [-0.2, 0) is 6.42 Å². The first-order valence-electron chi connectivity index (χ1n) is 5.65. The second-order valence-corrected chi connectivity index (χ2v) is 3.87. The summed E-state index contributed by atoms with van der Waals surface area (Å²) in [6, 6.07) is 3.70. The number of hydrogen-bond donors (Lipinski definition) is 2. The number of aromatic nitrogens is 2. The number of nitro groups is 1. The molecule has 0 fully saturated rings. The van der Waals surface area contributed by atoms with Gasteiger partial charge in [-0.15, -0.1) is 0 Å². The Morgan fingerprint density at radius 3 is 2.95 bits per heavy atom. The molecule has 1 amide bonds. The predicted octanol–water partition coefficient (Wildman–Crippen LogP) is 0.532. The van der Waals surface area contributed by atoms with Crippen LogP contribution in [0.3, 0.4) is 0 Å². The van der Waals surface area contributed by atoms with Gasteiger partial charge in [-0.3, -0.25) is 14.9 Å². The number of nitro benzene ring substituents is 1. The zero-order valence-corrected chi connectivity index (χ0v) is 10.3. The largest absolute Gasteiger partial charge is 0.398 e. The van der Waals surface area contributed by atoms with Gasteiger partial charge in [0.05, 0.1) is 10.5 Å². The first kappa shape index (κ1) is 13.5. The second-order valence-electron chi connectivity index (χ2n) is 3.87. The molecule has 9 heteroatoms. The summed E-state index contributed by atoms with van der Waals surface area (Å²) in [4.78, 5) is 25.8. The van der Waals surface area contributed by atoms with Gasteiger partial charge in [0.15, 0.2) is 6.33 Å². The first-order chi connectivity index (χ1) is 9.58. The molecule has 9 nitrogen and oxygen atoms in total. The third-order valence-corrected chi connectivity index (χ3v) is 2.52. The number of nitrogens with zero attached hydrogens (tertiary/aromatic N) is 3. The van der Waals surface area contributed by atoms with Gasteiger partial charge in [0, 0.05) is 30.8 Å². The Kier molecular flexibility index (Phi) is 3.89. The van der Waals surface area contributed by atoms with Crippen molar-refractivity contribution in [2.45, 2.75) is 6.42 Å². The van der Waals surface area contributed by atoms with Gasteiger partial charge in [0.2, 0.25) is 5.89 Å². The van der Waals surface area contributed by atoms with Gasteiger partial charge in [-0.2, -0.15) is 4.98 Å². The van der Waals surface area contributed by atoms with Crippen LogP contribution < -0.4 is 11.1 Å². The highest BCUT2D eigenvalue weighted by Gasteiger charge is 2.15. The van der Waals surface area contributed by atoms with Crippen molar-refractivity contribution in [1.29, 1.82) is 0 Å². The minimum atomic E-state index is -0.589. The first-order valence-corrected chi connectivity index (χ1v) is 5.65. The monoisotopic (exact) mass is 277 g/mol. The molecule has 0 aliphatic rings. The lowest BCUT2D eigenvalue weighted by Crippen LogP contribution is -2.26. The number of carbonyl (C=O) groups excluding carboxylic acids is 1. The summed E-state index contributed by atoms with van der Waals surface area (Å²) in [7, 11) is 0. The van der Waals surface area contributed by atoms with Gasteiger partial charge in [-0.1, -0.05) is 5.16 Å². The van der Waals surface area contributed by atoms with Crippen molar-refractivity contribution in [2.24, 2.45) is 0 Å². The number of nitrogens with two attached hydrogens (primary N) is 1. The highest BCUT2D eigenvalue weighted by molar-refractivity contribution is 5.99. The van der Waals surface area contributed by atoms with Crippen molar-refractivity contribution in [3.63, 3.8) is 0 Å². The molecule has 0 spiro atoms. The maximum absolute atomic E-state index is 11.9. The minimum absolute atomic E-state index is 0.0599. The molecule has 1 heterocycles. The molecule has 0 bridgehead atoms. The third-order valence-electron chi connectivity index (χ3n) is 2.52. The Balaban J connectivity index is 2.01. The van der Waals surface area contributed by atoms with E-state index < -0.39 is 10.8 Å². The average molecular weight is 277 g/mol. The van der Waals surface area contributed by atoms with Crippen molar-refractivity contribution in [2.75, 3.05) is 12.3 Å². The minimum Gasteiger partial charge on any atom is -0.398 e. The summed E-state index contributed by atoms with van der Waals surface area (Å²) >= 11 is 0. The van der Waals surface area contributed by atoms with Crippen molar-refractivity contribution < 1.29 is 14.2 Å². The molecule has 0 saturated carbocycles. The highest BCUT2D eigenvalue weighted by Crippen LogP contribution is 2.19. The van der Waals surface area contributed by atoms with E-state index in [1.165, 1.54) is 18.5 Å². The Morgan fingerprint density at radius 1 is 1.50 bits per heavy atom. The summed E-state index contributed by atoms with van der Waals surface area (Å²) in [5, 5.41) is 16.7. The fraction of sp³-hybridized carbons (Fsp3) is 0.182. The van der Waals surface area contributed by atoms with E-state index in [9.17, 15) is 14.9 Å². The molecular formula is C11H11N5O4. The average Bonchev–Trinajstić information content (AvgIpc) is 2.92. The molecule has 20 heavy (non-hydrogen) atoms. The molecule has 1 aromatic carbocycles. The van der Waals surface area contributed by atoms with Crippen LogP contribution in [0.15, 0.2) is 29.0 Å². The van der Waals surface area contributed by atoms with E-state index in [1.54, 1.807) is 0 Å². The predicted molar refractivity (Wildman–Crippen MR) is 67.8 cm³/mol. The lowest BCUT2D eigenvalue weighted by Gasteiger charge is -2.06. The molecule has 1 aromatic heterocycles. The molecule has 0 radical (unpaired) electrons. The van der Waals surface area contributed by atoms with E-state index in [0.717, 1.165) is 6.07 Å². The standard InChI is InChI=1S/C11H11N5O4/c12-9-2-1-7(16(18)19)5-8(9)11(17)13-4-3-10-14-6-15-20-10/h1-2,5-6H,3-4,12H2,(H,13,17). The SMILES string of the molecule is Nc1ccc([N+](=O)[O-])cc1C(=O)NCCc1ncno1. The Labute approximate surface area is 112 Å². The highest BCUT2D eigenvalue weighted by atomic mass is 16.6. The zero-order chi connectivity index (χ0) is 14.5. The van der Waals surface area contributed by atoms with E-state index in [2.05, 4.69) is 15.5 Å². The molecular weight excluding hydrogens is 266 g/mol. The van der Waals surface area contributed by atoms with Crippen LogP contribution in [0.2, 0.25) is 0 Å². The number of benzene rings is 1. The summed E-state index contributed by atoms with van der Waals surface area (Å²) < 4.78 is 4.77. The van der Waals surface area contributed by atoms with Crippen molar-refractivity contribution in [1.82, 2.24) is 15.5 Å². The van der Waals surface area contributed by atoms with Crippen LogP contribution in [0, 0.1) is 10.1 Å². The van der Waals surface area contributed by atoms with Crippen molar-refractivity contribution in [3.05, 3.63) is 46.1 Å². The number of nitrogens with one attached hydrogen (secondary N) is 1. The van der Waals surface area contributed by atoms with E-state index in [4.69, 9.17) is 10.3 Å². The van der Waals surface area contributed by atoms with Crippen LogP contribution in [0.4, 0.5) is 11.4 Å². The molecule has 2 rings (SSSR count). The van der Waals surface area contributed by atoms with Gasteiger partial charge in [-0.05, 0) is 6.07 Å². The molecule has 0 atom stereocenters. The molecule has 2 aromatic rings. The van der Waals surface area contributed by atoms with Gasteiger partial charge in [0.25, 0.3) is 11.6 Å². The van der Waals surface area contributed by atoms with E-state index in [-0.39, 0.29) is 23.5 Å². The quantitative estimate of drug-likeness (QED) is 0.462. The number of amides is 1. The lowest BCUT2D eigenvalue weighted by molar-refractivity contribution is -0.384. The molecule has 0 unspecified atom stereocenters. The molecule has 3 N–H and O–H groups in total. The number of rotatable bonds is 5. The molecule has 0 aliphatic carbocycles. The van der Waals surface area contributed by atoms with Crippen LogP contribution in [0.5, 0.6) is 0 Å². The topological polar surface area (TPSA) is 137 Å². The third kappa shape index (κ3) is 3.07. The van der Waals surface area contributed by atoms with Crippen LogP contribution >= 0.6 is 0 Å². The Bertz CT molecular complexity index is 626. The maximum Gasteiger partial charge on any atom is 0.270 e. The Hall–Kier alpha value is -2.97. The summed E-state index contributed by atoms with van der Waals surface area (Å²) in [5.41, 5.74) is 5.67. The van der Waals surface area contributed by atoms with Crippen molar-refractivity contribution in [3.8, 4) is 0 Å². The number of carbonyl (C=O) groups is 1. The smallest absolute Gasteiger partial charge is 0.270 e. The molecule has 104 valence electrons. The number of non-ortho nitro benzene ring substituents is 1. The van der Waals surface area contributed by atoms with Gasteiger partial charge >= 0.3 is 0 Å². The maximum atomic E-state index is 11.9. The van der Waals surface area contributed by atoms with Crippen LogP contribution in [0.25, 0.3) is 0 Å². The summed E-state index contributed by atoms with van der Waals surface area (Å²) in [5.74, 6) is -0.108.